The van der Waals surface area contributed by atoms with Crippen molar-refractivity contribution in [3.63, 3.8) is 0 Å². The van der Waals surface area contributed by atoms with Crippen LogP contribution in [0.3, 0.4) is 0 Å². The molecule has 0 aliphatic heterocycles. The van der Waals surface area contributed by atoms with Crippen molar-refractivity contribution in [1.29, 1.82) is 0 Å². The highest BCUT2D eigenvalue weighted by atomic mass is 16.4. The van der Waals surface area contributed by atoms with E-state index in [9.17, 15) is 29.4 Å². The molecule has 0 spiro atoms. The molecular formula is C22H32N2O6. The smallest absolute Gasteiger partial charge is 0.336 e. The first-order chi connectivity index (χ1) is 14.3. The molecule has 0 aliphatic carbocycles. The second kappa shape index (κ2) is 13.3. The Morgan fingerprint density at radius 1 is 0.633 bits per heavy atom. The molecule has 0 unspecified atom stereocenters. The minimum atomic E-state index is -1.43. The zero-order chi connectivity index (χ0) is 22.5. The highest BCUT2D eigenvalue weighted by Gasteiger charge is 2.25. The molecule has 1 rings (SSSR count). The molecule has 166 valence electrons. The number of benzene rings is 1. The van der Waals surface area contributed by atoms with E-state index in [-0.39, 0.29) is 11.1 Å². The van der Waals surface area contributed by atoms with Crippen LogP contribution in [0, 0.1) is 0 Å². The summed E-state index contributed by atoms with van der Waals surface area (Å²) in [7, 11) is 0. The molecule has 0 aliphatic rings. The van der Waals surface area contributed by atoms with Crippen molar-refractivity contribution in [2.24, 2.45) is 0 Å². The number of carbonyl (C=O) groups excluding carboxylic acids is 2. The van der Waals surface area contributed by atoms with Gasteiger partial charge in [-0.05, 0) is 25.0 Å². The molecule has 1 aromatic carbocycles. The Morgan fingerprint density at radius 2 is 1.00 bits per heavy atom. The Hall–Kier alpha value is -2.90. The fourth-order valence-electron chi connectivity index (χ4n) is 3.03. The maximum atomic E-state index is 12.5. The van der Waals surface area contributed by atoms with Gasteiger partial charge in [0.1, 0.15) is 0 Å². The Labute approximate surface area is 177 Å². The van der Waals surface area contributed by atoms with E-state index in [0.717, 1.165) is 63.5 Å². The van der Waals surface area contributed by atoms with Crippen molar-refractivity contribution in [3.05, 3.63) is 34.4 Å². The predicted octanol–water partition coefficient (Wildman–Crippen LogP) is 3.70. The van der Waals surface area contributed by atoms with Gasteiger partial charge in [0.15, 0.2) is 0 Å². The van der Waals surface area contributed by atoms with Gasteiger partial charge >= 0.3 is 11.9 Å². The third-order valence-electron chi connectivity index (χ3n) is 4.74. The molecule has 30 heavy (non-hydrogen) atoms. The van der Waals surface area contributed by atoms with Crippen LogP contribution in [0.25, 0.3) is 0 Å². The van der Waals surface area contributed by atoms with E-state index in [1.54, 1.807) is 0 Å². The normalized spacial score (nSPS) is 10.5. The van der Waals surface area contributed by atoms with Crippen molar-refractivity contribution < 1.29 is 29.4 Å². The number of hydrogen-bond donors (Lipinski definition) is 4. The summed E-state index contributed by atoms with van der Waals surface area (Å²) in [6.45, 7) is 4.88. The molecule has 0 heterocycles. The molecule has 0 fully saturated rings. The summed E-state index contributed by atoms with van der Waals surface area (Å²) in [6.07, 6.45) is 7.53. The number of unbranched alkanes of at least 4 members (excludes halogenated alkanes) is 6. The molecular weight excluding hydrogens is 388 g/mol. The van der Waals surface area contributed by atoms with Crippen molar-refractivity contribution in [2.45, 2.75) is 65.2 Å². The quantitative estimate of drug-likeness (QED) is 0.339. The van der Waals surface area contributed by atoms with Crippen molar-refractivity contribution in [3.8, 4) is 0 Å². The van der Waals surface area contributed by atoms with Crippen LogP contribution in [0.15, 0.2) is 12.1 Å². The Morgan fingerprint density at radius 3 is 1.33 bits per heavy atom. The molecule has 0 radical (unpaired) electrons. The van der Waals surface area contributed by atoms with Crippen molar-refractivity contribution >= 4 is 23.8 Å². The molecule has 0 bridgehead atoms. The maximum Gasteiger partial charge on any atom is 0.336 e. The van der Waals surface area contributed by atoms with E-state index < -0.39 is 34.9 Å². The predicted molar refractivity (Wildman–Crippen MR) is 113 cm³/mol. The maximum absolute atomic E-state index is 12.5. The summed E-state index contributed by atoms with van der Waals surface area (Å²) in [5, 5.41) is 24.2. The second-order valence-electron chi connectivity index (χ2n) is 7.19. The summed E-state index contributed by atoms with van der Waals surface area (Å²) in [5.41, 5.74) is -1.34. The van der Waals surface area contributed by atoms with Crippen LogP contribution < -0.4 is 10.6 Å². The van der Waals surface area contributed by atoms with E-state index in [2.05, 4.69) is 24.5 Å². The molecule has 2 amide bonds. The molecule has 0 atom stereocenters. The standard InChI is InChI=1S/C22H32N2O6/c1-3-5-7-9-11-23-19(25)15-13-16(20(26)24-12-10-8-6-4-2)18(22(29)30)14-17(15)21(27)28/h13-14H,3-12H2,1-2H3,(H,23,25)(H,24,26)(H,27,28)(H,29,30). The number of nitrogens with one attached hydrogen (secondary N) is 2. The van der Waals surface area contributed by atoms with Gasteiger partial charge in [-0.1, -0.05) is 52.4 Å². The fraction of sp³-hybridized carbons (Fsp3) is 0.545. The van der Waals surface area contributed by atoms with Gasteiger partial charge < -0.3 is 20.8 Å². The molecule has 0 saturated carbocycles. The van der Waals surface area contributed by atoms with E-state index in [1.807, 2.05) is 0 Å². The Bertz CT molecular complexity index is 701. The Kier molecular flexibility index (Phi) is 11.2. The van der Waals surface area contributed by atoms with E-state index in [4.69, 9.17) is 0 Å². The third-order valence-corrected chi connectivity index (χ3v) is 4.74. The number of rotatable bonds is 14. The lowest BCUT2D eigenvalue weighted by atomic mass is 9.96. The first-order valence-corrected chi connectivity index (χ1v) is 10.5. The first kappa shape index (κ1) is 25.1. The Balaban J connectivity index is 3.07. The number of carboxylic acid groups (broad SMARTS) is 2. The fourth-order valence-corrected chi connectivity index (χ4v) is 3.03. The lowest BCUT2D eigenvalue weighted by molar-refractivity contribution is 0.0687. The summed E-state index contributed by atoms with van der Waals surface area (Å²) in [5.74, 6) is -4.14. The second-order valence-corrected chi connectivity index (χ2v) is 7.19. The third kappa shape index (κ3) is 7.85. The van der Waals surface area contributed by atoms with Gasteiger partial charge in [0.05, 0.1) is 22.3 Å². The summed E-state index contributed by atoms with van der Waals surface area (Å²) >= 11 is 0. The van der Waals surface area contributed by atoms with Gasteiger partial charge in [-0.15, -0.1) is 0 Å². The number of amides is 2. The minimum absolute atomic E-state index is 0.223. The summed E-state index contributed by atoms with van der Waals surface area (Å²) in [4.78, 5) is 48.3. The molecule has 8 nitrogen and oxygen atoms in total. The van der Waals surface area contributed by atoms with Gasteiger partial charge in [-0.25, -0.2) is 9.59 Å². The van der Waals surface area contributed by atoms with E-state index in [1.165, 1.54) is 0 Å². The van der Waals surface area contributed by atoms with E-state index >= 15 is 0 Å². The topological polar surface area (TPSA) is 133 Å². The van der Waals surface area contributed by atoms with Crippen LogP contribution in [0.1, 0.15) is 107 Å². The lowest BCUT2D eigenvalue weighted by Gasteiger charge is -2.13. The summed E-state index contributed by atoms with van der Waals surface area (Å²) in [6, 6.07) is 1.94. The number of hydrogen-bond acceptors (Lipinski definition) is 4. The molecule has 1 aromatic rings. The van der Waals surface area contributed by atoms with Crippen LogP contribution in [-0.2, 0) is 0 Å². The average Bonchev–Trinajstić information content (AvgIpc) is 2.71. The molecule has 4 N–H and O–H groups in total. The largest absolute Gasteiger partial charge is 0.478 e. The van der Waals surface area contributed by atoms with Crippen LogP contribution in [0.2, 0.25) is 0 Å². The van der Waals surface area contributed by atoms with Crippen molar-refractivity contribution in [1.82, 2.24) is 10.6 Å². The first-order valence-electron chi connectivity index (χ1n) is 10.5. The van der Waals surface area contributed by atoms with Gasteiger partial charge in [-0.3, -0.25) is 9.59 Å². The number of carbonyl (C=O) groups is 4. The van der Waals surface area contributed by atoms with Crippen LogP contribution in [-0.4, -0.2) is 47.1 Å². The number of carboxylic acids is 2. The molecule has 0 saturated heterocycles. The highest BCUT2D eigenvalue weighted by molar-refractivity contribution is 6.11. The lowest BCUT2D eigenvalue weighted by Crippen LogP contribution is -2.30. The summed E-state index contributed by atoms with van der Waals surface area (Å²) < 4.78 is 0. The number of aromatic carboxylic acids is 2. The van der Waals surface area contributed by atoms with Crippen LogP contribution in [0.4, 0.5) is 0 Å². The zero-order valence-corrected chi connectivity index (χ0v) is 17.8. The van der Waals surface area contributed by atoms with Gasteiger partial charge in [0.25, 0.3) is 11.8 Å². The average molecular weight is 421 g/mol. The van der Waals surface area contributed by atoms with Crippen LogP contribution in [0.5, 0.6) is 0 Å². The van der Waals surface area contributed by atoms with Gasteiger partial charge in [-0.2, -0.15) is 0 Å². The zero-order valence-electron chi connectivity index (χ0n) is 17.8. The molecule has 8 heteroatoms. The van der Waals surface area contributed by atoms with Crippen LogP contribution >= 0.6 is 0 Å². The van der Waals surface area contributed by atoms with Crippen molar-refractivity contribution in [2.75, 3.05) is 13.1 Å². The highest BCUT2D eigenvalue weighted by Crippen LogP contribution is 2.19. The van der Waals surface area contributed by atoms with Gasteiger partial charge in [0.2, 0.25) is 0 Å². The monoisotopic (exact) mass is 420 g/mol. The van der Waals surface area contributed by atoms with Gasteiger partial charge in [0, 0.05) is 13.1 Å². The SMILES string of the molecule is CCCCCCNC(=O)c1cc(C(=O)NCCCCCC)c(C(=O)O)cc1C(=O)O. The van der Waals surface area contributed by atoms with E-state index in [0.29, 0.717) is 13.1 Å². The molecule has 0 aromatic heterocycles. The minimum Gasteiger partial charge on any atom is -0.478 e.